The number of nitrogens with zero attached hydrogens (tertiary/aromatic N) is 1. The molecule has 33 heavy (non-hydrogen) atoms. The normalized spacial score (nSPS) is 15.0. The van der Waals surface area contributed by atoms with E-state index in [1.54, 1.807) is 7.11 Å². The quantitative estimate of drug-likeness (QED) is 0.345. The van der Waals surface area contributed by atoms with Gasteiger partial charge in [0.15, 0.2) is 16.7 Å². The van der Waals surface area contributed by atoms with Crippen molar-refractivity contribution in [1.29, 1.82) is 0 Å². The lowest BCUT2D eigenvalue weighted by atomic mass is 9.86. The third-order valence-corrected chi connectivity index (χ3v) is 6.59. The third-order valence-electron chi connectivity index (χ3n) is 5.30. The summed E-state index contributed by atoms with van der Waals surface area (Å²) in [6.45, 7) is 2.60. The molecule has 2 aromatic carbocycles. The zero-order chi connectivity index (χ0) is 23.4. The fourth-order valence-corrected chi connectivity index (χ4v) is 4.84. The Hall–Kier alpha value is -2.97. The van der Waals surface area contributed by atoms with Crippen LogP contribution in [0.15, 0.2) is 52.4 Å². The topological polar surface area (TPSA) is 93.3 Å². The Labute approximate surface area is 200 Å². The molecular weight excluding hydrogens is 462 g/mol. The Kier molecular flexibility index (Phi) is 7.25. The van der Waals surface area contributed by atoms with Gasteiger partial charge in [0, 0.05) is 23.1 Å². The van der Waals surface area contributed by atoms with Gasteiger partial charge in [0.1, 0.15) is 5.82 Å². The highest BCUT2D eigenvalue weighted by Gasteiger charge is 2.31. The summed E-state index contributed by atoms with van der Waals surface area (Å²) < 4.78 is 11.2. The van der Waals surface area contributed by atoms with Crippen LogP contribution in [0, 0.1) is 0 Å². The molecule has 0 saturated carbocycles. The molecule has 2 N–H and O–H groups in total. The van der Waals surface area contributed by atoms with Gasteiger partial charge in [-0.2, -0.15) is 0 Å². The molecule has 0 bridgehead atoms. The van der Waals surface area contributed by atoms with Crippen molar-refractivity contribution < 1.29 is 14.3 Å². The summed E-state index contributed by atoms with van der Waals surface area (Å²) in [5.41, 5.74) is 1.87. The number of carbonyl (C=O) groups is 1. The molecule has 3 aromatic rings. The van der Waals surface area contributed by atoms with E-state index in [9.17, 15) is 9.59 Å². The van der Waals surface area contributed by atoms with E-state index in [0.29, 0.717) is 39.6 Å². The lowest BCUT2D eigenvalue weighted by Gasteiger charge is -2.25. The molecule has 1 aliphatic rings. The average Bonchev–Trinajstić information content (AvgIpc) is 2.81. The van der Waals surface area contributed by atoms with Crippen LogP contribution in [-0.4, -0.2) is 29.6 Å². The van der Waals surface area contributed by atoms with E-state index in [-0.39, 0.29) is 23.7 Å². The number of aromatic amines is 1. The SMILES string of the molecule is CCCOc1ccc(C2CC(=O)Nc3nc(SCc4ccccc4Cl)[nH]c(=O)c32)cc1OC. The highest BCUT2D eigenvalue weighted by atomic mass is 35.5. The molecule has 0 spiro atoms. The summed E-state index contributed by atoms with van der Waals surface area (Å²) in [7, 11) is 1.57. The predicted octanol–water partition coefficient (Wildman–Crippen LogP) is 4.99. The van der Waals surface area contributed by atoms with Crippen molar-refractivity contribution in [2.45, 2.75) is 36.6 Å². The molecule has 1 atom stereocenters. The van der Waals surface area contributed by atoms with Gasteiger partial charge in [-0.3, -0.25) is 9.59 Å². The van der Waals surface area contributed by atoms with Crippen LogP contribution in [0.25, 0.3) is 0 Å². The van der Waals surface area contributed by atoms with Crippen LogP contribution in [0.4, 0.5) is 5.82 Å². The van der Waals surface area contributed by atoms with E-state index in [4.69, 9.17) is 21.1 Å². The van der Waals surface area contributed by atoms with E-state index in [2.05, 4.69) is 15.3 Å². The van der Waals surface area contributed by atoms with Crippen molar-refractivity contribution in [3.05, 3.63) is 74.5 Å². The third kappa shape index (κ3) is 5.17. The van der Waals surface area contributed by atoms with Gasteiger partial charge in [0.25, 0.3) is 5.56 Å². The van der Waals surface area contributed by atoms with Gasteiger partial charge in [0.05, 0.1) is 19.3 Å². The second-order valence-corrected chi connectivity index (χ2v) is 8.95. The minimum absolute atomic E-state index is 0.141. The lowest BCUT2D eigenvalue weighted by Crippen LogP contribution is -2.31. The molecule has 1 aliphatic heterocycles. The Morgan fingerprint density at radius 3 is 2.76 bits per heavy atom. The summed E-state index contributed by atoms with van der Waals surface area (Å²) in [5.74, 6) is 1.37. The van der Waals surface area contributed by atoms with E-state index in [1.807, 2.05) is 49.4 Å². The molecule has 4 rings (SSSR count). The van der Waals surface area contributed by atoms with Crippen LogP contribution >= 0.6 is 23.4 Å². The zero-order valence-electron chi connectivity index (χ0n) is 18.3. The van der Waals surface area contributed by atoms with Crippen LogP contribution in [0.2, 0.25) is 5.02 Å². The number of benzene rings is 2. The molecule has 0 saturated heterocycles. The van der Waals surface area contributed by atoms with Crippen molar-refractivity contribution in [2.75, 3.05) is 19.0 Å². The van der Waals surface area contributed by atoms with Gasteiger partial charge >= 0.3 is 0 Å². The van der Waals surface area contributed by atoms with Crippen molar-refractivity contribution in [3.8, 4) is 11.5 Å². The highest BCUT2D eigenvalue weighted by molar-refractivity contribution is 7.98. The van der Waals surface area contributed by atoms with Gasteiger partial charge in [0.2, 0.25) is 5.91 Å². The number of H-pyrrole nitrogens is 1. The number of hydrogen-bond donors (Lipinski definition) is 2. The standard InChI is InChI=1S/C24H24ClN3O4S/c1-3-10-32-18-9-8-14(11-19(18)31-2)16-12-20(29)26-22-21(16)23(30)28-24(27-22)33-13-15-6-4-5-7-17(15)25/h4-9,11,16H,3,10,12-13H2,1-2H3,(H2,26,27,28,29,30). The fraction of sp³-hybridized carbons (Fsp3) is 0.292. The Morgan fingerprint density at radius 2 is 2.00 bits per heavy atom. The number of aromatic nitrogens is 2. The largest absolute Gasteiger partial charge is 0.493 e. The molecule has 2 heterocycles. The predicted molar refractivity (Wildman–Crippen MR) is 130 cm³/mol. The summed E-state index contributed by atoms with van der Waals surface area (Å²) in [4.78, 5) is 32.9. The number of carbonyl (C=O) groups excluding carboxylic acids is 1. The number of amides is 1. The zero-order valence-corrected chi connectivity index (χ0v) is 19.9. The molecule has 1 amide bonds. The van der Waals surface area contributed by atoms with Crippen LogP contribution in [-0.2, 0) is 10.5 Å². The Balaban J connectivity index is 1.64. The minimum Gasteiger partial charge on any atom is -0.493 e. The van der Waals surface area contributed by atoms with Crippen molar-refractivity contribution in [1.82, 2.24) is 9.97 Å². The summed E-state index contributed by atoms with van der Waals surface area (Å²) in [6.07, 6.45) is 1.02. The monoisotopic (exact) mass is 485 g/mol. The van der Waals surface area contributed by atoms with Crippen LogP contribution in [0.1, 0.15) is 42.4 Å². The van der Waals surface area contributed by atoms with E-state index in [1.165, 1.54) is 11.8 Å². The Bertz CT molecular complexity index is 1230. The first kappa shape index (κ1) is 23.2. The van der Waals surface area contributed by atoms with Crippen LogP contribution < -0.4 is 20.3 Å². The fourth-order valence-electron chi connectivity index (χ4n) is 3.70. The summed E-state index contributed by atoms with van der Waals surface area (Å²) in [6, 6.07) is 13.0. The van der Waals surface area contributed by atoms with Gasteiger partial charge in [-0.1, -0.05) is 54.6 Å². The molecule has 0 radical (unpaired) electrons. The number of hydrogen-bond acceptors (Lipinski definition) is 6. The van der Waals surface area contributed by atoms with Crippen LogP contribution in [0.3, 0.4) is 0 Å². The number of anilines is 1. The van der Waals surface area contributed by atoms with E-state index >= 15 is 0 Å². The number of methoxy groups -OCH3 is 1. The van der Waals surface area contributed by atoms with Gasteiger partial charge in [-0.05, 0) is 35.7 Å². The van der Waals surface area contributed by atoms with E-state index < -0.39 is 5.92 Å². The molecule has 0 fully saturated rings. The Morgan fingerprint density at radius 1 is 1.18 bits per heavy atom. The number of halogens is 1. The van der Waals surface area contributed by atoms with Crippen molar-refractivity contribution >= 4 is 35.1 Å². The number of ether oxygens (including phenoxy) is 2. The molecule has 7 nitrogen and oxygen atoms in total. The molecule has 1 aromatic heterocycles. The lowest BCUT2D eigenvalue weighted by molar-refractivity contribution is -0.116. The maximum atomic E-state index is 13.1. The van der Waals surface area contributed by atoms with Crippen LogP contribution in [0.5, 0.6) is 11.5 Å². The molecule has 172 valence electrons. The number of rotatable bonds is 8. The number of nitrogens with one attached hydrogen (secondary N) is 2. The van der Waals surface area contributed by atoms with Gasteiger partial charge in [-0.25, -0.2) is 4.98 Å². The molecule has 9 heteroatoms. The first-order valence-corrected chi connectivity index (χ1v) is 12.0. The second kappa shape index (κ2) is 10.3. The maximum absolute atomic E-state index is 13.1. The van der Waals surface area contributed by atoms with Crippen molar-refractivity contribution in [3.63, 3.8) is 0 Å². The second-order valence-electron chi connectivity index (χ2n) is 7.58. The summed E-state index contributed by atoms with van der Waals surface area (Å²) in [5, 5.41) is 3.82. The van der Waals surface area contributed by atoms with Crippen molar-refractivity contribution in [2.24, 2.45) is 0 Å². The van der Waals surface area contributed by atoms with E-state index in [0.717, 1.165) is 17.5 Å². The molecule has 0 aliphatic carbocycles. The number of thioether (sulfide) groups is 1. The smallest absolute Gasteiger partial charge is 0.257 e. The van der Waals surface area contributed by atoms with Gasteiger partial charge in [-0.15, -0.1) is 0 Å². The minimum atomic E-state index is -0.443. The molecular formula is C24H24ClN3O4S. The molecule has 1 unspecified atom stereocenters. The average molecular weight is 486 g/mol. The number of fused-ring (bicyclic) bond motifs is 1. The summed E-state index contributed by atoms with van der Waals surface area (Å²) >= 11 is 7.57. The highest BCUT2D eigenvalue weighted by Crippen LogP contribution is 2.38. The first-order chi connectivity index (χ1) is 16.0. The van der Waals surface area contributed by atoms with Gasteiger partial charge < -0.3 is 19.8 Å². The maximum Gasteiger partial charge on any atom is 0.257 e. The first-order valence-electron chi connectivity index (χ1n) is 10.6.